The van der Waals surface area contributed by atoms with Crippen LogP contribution in [0.25, 0.3) is 11.0 Å². The number of hydrogen-bond acceptors (Lipinski definition) is 2. The van der Waals surface area contributed by atoms with E-state index in [4.69, 9.17) is 5.73 Å². The minimum Gasteiger partial charge on any atom is -0.327 e. The zero-order chi connectivity index (χ0) is 13.5. The summed E-state index contributed by atoms with van der Waals surface area (Å²) in [5.41, 5.74) is 6.10. The van der Waals surface area contributed by atoms with Gasteiger partial charge in [-0.05, 0) is 32.0 Å². The van der Waals surface area contributed by atoms with Crippen molar-refractivity contribution in [2.45, 2.75) is 32.6 Å². The number of nitrogens with two attached hydrogens (primary N) is 1. The van der Waals surface area contributed by atoms with E-state index in [1.165, 1.54) is 6.07 Å². The van der Waals surface area contributed by atoms with Crippen molar-refractivity contribution >= 4 is 11.0 Å². The fourth-order valence-electron chi connectivity index (χ4n) is 2.00. The molecule has 6 heteroatoms. The van der Waals surface area contributed by atoms with Gasteiger partial charge in [-0.15, -0.1) is 0 Å². The van der Waals surface area contributed by atoms with E-state index < -0.39 is 11.7 Å². The summed E-state index contributed by atoms with van der Waals surface area (Å²) in [6, 6.07) is 3.27. The monoisotopic (exact) mass is 257 g/mol. The molecule has 0 fully saturated rings. The van der Waals surface area contributed by atoms with Crippen LogP contribution in [0.5, 0.6) is 0 Å². The van der Waals surface area contributed by atoms with E-state index in [1.54, 1.807) is 6.92 Å². The molecular formula is C12H14F3N3. The maximum Gasteiger partial charge on any atom is 0.416 e. The lowest BCUT2D eigenvalue weighted by molar-refractivity contribution is -0.137. The Bertz CT molecular complexity index is 570. The Labute approximate surface area is 102 Å². The molecule has 0 bridgehead atoms. The fraction of sp³-hybridized carbons (Fsp3) is 0.417. The Balaban J connectivity index is 2.66. The van der Waals surface area contributed by atoms with Crippen LogP contribution in [0, 0.1) is 0 Å². The molecule has 0 aliphatic heterocycles. The van der Waals surface area contributed by atoms with Crippen molar-refractivity contribution in [3.05, 3.63) is 29.6 Å². The highest BCUT2D eigenvalue weighted by Gasteiger charge is 2.31. The van der Waals surface area contributed by atoms with Crippen molar-refractivity contribution in [2.24, 2.45) is 5.73 Å². The Hall–Kier alpha value is -1.56. The lowest BCUT2D eigenvalue weighted by Gasteiger charge is -2.09. The van der Waals surface area contributed by atoms with Gasteiger partial charge in [0, 0.05) is 6.54 Å². The van der Waals surface area contributed by atoms with E-state index in [2.05, 4.69) is 4.98 Å². The topological polar surface area (TPSA) is 43.8 Å². The normalized spacial score (nSPS) is 14.1. The number of imidazole rings is 1. The SMILES string of the molecule is CCn1c([C@@H](C)N)nc2cc(C(F)(F)F)ccc21. The van der Waals surface area contributed by atoms with Crippen LogP contribution in [0.1, 0.15) is 31.3 Å². The van der Waals surface area contributed by atoms with Gasteiger partial charge < -0.3 is 10.3 Å². The predicted octanol–water partition coefficient (Wildman–Crippen LogP) is 3.09. The number of benzene rings is 1. The van der Waals surface area contributed by atoms with Gasteiger partial charge in [0.25, 0.3) is 0 Å². The summed E-state index contributed by atoms with van der Waals surface area (Å²) in [7, 11) is 0. The summed E-state index contributed by atoms with van der Waals surface area (Å²) < 4.78 is 39.6. The lowest BCUT2D eigenvalue weighted by Crippen LogP contribution is -2.12. The molecule has 1 atom stereocenters. The second-order valence-corrected chi connectivity index (χ2v) is 4.20. The molecular weight excluding hydrogens is 243 g/mol. The van der Waals surface area contributed by atoms with Crippen LogP contribution in [0.4, 0.5) is 13.2 Å². The second-order valence-electron chi connectivity index (χ2n) is 4.20. The highest BCUT2D eigenvalue weighted by Crippen LogP contribution is 2.31. The molecule has 0 radical (unpaired) electrons. The van der Waals surface area contributed by atoms with Gasteiger partial charge in [-0.1, -0.05) is 0 Å². The summed E-state index contributed by atoms with van der Waals surface area (Å²) in [5.74, 6) is 0.604. The van der Waals surface area contributed by atoms with Crippen LogP contribution < -0.4 is 5.73 Å². The number of aryl methyl sites for hydroxylation is 1. The first-order valence-corrected chi connectivity index (χ1v) is 5.67. The molecule has 0 aliphatic rings. The number of rotatable bonds is 2. The van der Waals surface area contributed by atoms with Gasteiger partial charge in [-0.2, -0.15) is 13.2 Å². The number of nitrogens with zero attached hydrogens (tertiary/aromatic N) is 2. The first-order valence-electron chi connectivity index (χ1n) is 5.67. The highest BCUT2D eigenvalue weighted by molar-refractivity contribution is 5.77. The molecule has 2 rings (SSSR count). The number of alkyl halides is 3. The molecule has 0 unspecified atom stereocenters. The summed E-state index contributed by atoms with van der Waals surface area (Å²) in [6.07, 6.45) is -4.35. The standard InChI is InChI=1S/C12H14F3N3/c1-3-18-10-5-4-8(12(13,14)15)6-9(10)17-11(18)7(2)16/h4-7H,3,16H2,1-2H3/t7-/m1/s1. The van der Waals surface area contributed by atoms with Crippen LogP contribution in [0.15, 0.2) is 18.2 Å². The van der Waals surface area contributed by atoms with Gasteiger partial charge in [-0.3, -0.25) is 0 Å². The average molecular weight is 257 g/mol. The van der Waals surface area contributed by atoms with E-state index in [-0.39, 0.29) is 6.04 Å². The van der Waals surface area contributed by atoms with Crippen molar-refractivity contribution in [3.8, 4) is 0 Å². The van der Waals surface area contributed by atoms with Crippen LogP contribution in [0.2, 0.25) is 0 Å². The van der Waals surface area contributed by atoms with Gasteiger partial charge in [0.15, 0.2) is 0 Å². The quantitative estimate of drug-likeness (QED) is 0.898. The van der Waals surface area contributed by atoms with Crippen LogP contribution >= 0.6 is 0 Å². The third-order valence-electron chi connectivity index (χ3n) is 2.83. The lowest BCUT2D eigenvalue weighted by atomic mass is 10.2. The molecule has 3 nitrogen and oxygen atoms in total. The minimum absolute atomic E-state index is 0.313. The summed E-state index contributed by atoms with van der Waals surface area (Å²) >= 11 is 0. The van der Waals surface area contributed by atoms with Gasteiger partial charge >= 0.3 is 6.18 Å². The van der Waals surface area contributed by atoms with Crippen LogP contribution in [-0.2, 0) is 12.7 Å². The Morgan fingerprint density at radius 1 is 1.39 bits per heavy atom. The zero-order valence-corrected chi connectivity index (χ0v) is 10.1. The van der Waals surface area contributed by atoms with Gasteiger partial charge in [0.1, 0.15) is 5.82 Å². The van der Waals surface area contributed by atoms with Crippen molar-refractivity contribution in [1.29, 1.82) is 0 Å². The first-order chi connectivity index (χ1) is 8.34. The first kappa shape index (κ1) is 12.9. The molecule has 0 saturated heterocycles. The highest BCUT2D eigenvalue weighted by atomic mass is 19.4. The largest absolute Gasteiger partial charge is 0.416 e. The molecule has 1 aromatic heterocycles. The third kappa shape index (κ3) is 2.08. The minimum atomic E-state index is -4.35. The smallest absolute Gasteiger partial charge is 0.327 e. The maximum atomic E-state index is 12.6. The summed E-state index contributed by atoms with van der Waals surface area (Å²) in [4.78, 5) is 4.20. The second kappa shape index (κ2) is 4.28. The third-order valence-corrected chi connectivity index (χ3v) is 2.83. The Kier molecular flexibility index (Phi) is 3.06. The van der Waals surface area contributed by atoms with E-state index in [0.717, 1.165) is 12.1 Å². The molecule has 0 saturated carbocycles. The van der Waals surface area contributed by atoms with Crippen molar-refractivity contribution < 1.29 is 13.2 Å². The summed E-state index contributed by atoms with van der Waals surface area (Å²) in [5, 5.41) is 0. The molecule has 2 N–H and O–H groups in total. The molecule has 98 valence electrons. The Morgan fingerprint density at radius 3 is 2.56 bits per heavy atom. The fourth-order valence-corrected chi connectivity index (χ4v) is 2.00. The molecule has 1 heterocycles. The van der Waals surface area contributed by atoms with Crippen LogP contribution in [0.3, 0.4) is 0 Å². The van der Waals surface area contributed by atoms with E-state index in [0.29, 0.717) is 23.4 Å². The average Bonchev–Trinajstić information content (AvgIpc) is 2.65. The van der Waals surface area contributed by atoms with E-state index in [1.807, 2.05) is 11.5 Å². The van der Waals surface area contributed by atoms with Gasteiger partial charge in [0.05, 0.1) is 22.6 Å². The van der Waals surface area contributed by atoms with Crippen molar-refractivity contribution in [1.82, 2.24) is 9.55 Å². The number of halogens is 3. The maximum absolute atomic E-state index is 12.6. The number of hydrogen-bond donors (Lipinski definition) is 1. The number of aromatic nitrogens is 2. The van der Waals surface area contributed by atoms with E-state index in [9.17, 15) is 13.2 Å². The molecule has 2 aromatic rings. The summed E-state index contributed by atoms with van der Waals surface area (Å²) in [6.45, 7) is 4.29. The van der Waals surface area contributed by atoms with Gasteiger partial charge in [-0.25, -0.2) is 4.98 Å². The molecule has 0 spiro atoms. The molecule has 0 aliphatic carbocycles. The molecule has 18 heavy (non-hydrogen) atoms. The Morgan fingerprint density at radius 2 is 2.06 bits per heavy atom. The van der Waals surface area contributed by atoms with Gasteiger partial charge in [0.2, 0.25) is 0 Å². The van der Waals surface area contributed by atoms with Crippen molar-refractivity contribution in [3.63, 3.8) is 0 Å². The molecule has 1 aromatic carbocycles. The zero-order valence-electron chi connectivity index (χ0n) is 10.1. The molecule has 0 amide bonds. The van der Waals surface area contributed by atoms with E-state index >= 15 is 0 Å². The van der Waals surface area contributed by atoms with Crippen molar-refractivity contribution in [2.75, 3.05) is 0 Å². The van der Waals surface area contributed by atoms with Crippen LogP contribution in [-0.4, -0.2) is 9.55 Å². The predicted molar refractivity (Wildman–Crippen MR) is 63.0 cm³/mol. The number of fused-ring (bicyclic) bond motifs is 1.